The van der Waals surface area contributed by atoms with E-state index in [0.717, 1.165) is 22.3 Å². The first-order valence-electron chi connectivity index (χ1n) is 11.0. The van der Waals surface area contributed by atoms with Gasteiger partial charge in [-0.1, -0.05) is 29.8 Å². The average molecular weight is 473 g/mol. The van der Waals surface area contributed by atoms with Crippen molar-refractivity contribution in [1.29, 1.82) is 0 Å². The maximum Gasteiger partial charge on any atom is 0.272 e. The van der Waals surface area contributed by atoms with Crippen LogP contribution in [-0.4, -0.2) is 50.2 Å². The van der Waals surface area contributed by atoms with Gasteiger partial charge in [0.15, 0.2) is 11.5 Å². The zero-order valence-electron chi connectivity index (χ0n) is 19.7. The molecule has 35 heavy (non-hydrogen) atoms. The van der Waals surface area contributed by atoms with Crippen molar-refractivity contribution < 1.29 is 19.4 Å². The van der Waals surface area contributed by atoms with Gasteiger partial charge in [0, 0.05) is 23.5 Å². The number of benzene rings is 2. The maximum atomic E-state index is 12.8. The molecule has 0 unspecified atom stereocenters. The maximum absolute atomic E-state index is 12.8. The number of phenolic OH excluding ortho intramolecular Hbond substituents is 1. The van der Waals surface area contributed by atoms with Crippen molar-refractivity contribution in [1.82, 2.24) is 25.0 Å². The van der Waals surface area contributed by atoms with Gasteiger partial charge in [0.25, 0.3) is 5.95 Å². The molecule has 3 heterocycles. The van der Waals surface area contributed by atoms with E-state index in [9.17, 15) is 9.90 Å². The highest BCUT2D eigenvalue weighted by molar-refractivity contribution is 5.95. The van der Waals surface area contributed by atoms with Crippen molar-refractivity contribution in [2.45, 2.75) is 26.2 Å². The minimum absolute atomic E-state index is 0.0981. The summed E-state index contributed by atoms with van der Waals surface area (Å²) in [4.78, 5) is 17.4. The Morgan fingerprint density at radius 2 is 1.77 bits per heavy atom. The van der Waals surface area contributed by atoms with Crippen LogP contribution in [0.2, 0.25) is 0 Å². The van der Waals surface area contributed by atoms with E-state index >= 15 is 0 Å². The lowest BCUT2D eigenvalue weighted by molar-refractivity contribution is -0.116. The van der Waals surface area contributed by atoms with Gasteiger partial charge in [0.2, 0.25) is 11.7 Å². The van der Waals surface area contributed by atoms with Crippen LogP contribution in [0.1, 0.15) is 34.7 Å². The first kappa shape index (κ1) is 22.3. The van der Waals surface area contributed by atoms with Crippen LogP contribution in [0.25, 0.3) is 17.2 Å². The highest BCUT2D eigenvalue weighted by Crippen LogP contribution is 2.45. The van der Waals surface area contributed by atoms with Gasteiger partial charge in [-0.05, 0) is 31.5 Å². The van der Waals surface area contributed by atoms with E-state index in [4.69, 9.17) is 9.47 Å². The average Bonchev–Trinajstić information content (AvgIpc) is 3.20. The monoisotopic (exact) mass is 472 g/mol. The lowest BCUT2D eigenvalue weighted by atomic mass is 9.85. The number of aromatic hydroxyl groups is 1. The number of fused-ring (bicyclic) bond motifs is 1. The lowest BCUT2D eigenvalue weighted by Crippen LogP contribution is -2.25. The van der Waals surface area contributed by atoms with Crippen LogP contribution >= 0.6 is 0 Å². The molecule has 2 aromatic heterocycles. The number of nitrogens with one attached hydrogen (secondary N) is 1. The van der Waals surface area contributed by atoms with Gasteiger partial charge in [-0.25, -0.2) is 4.98 Å². The van der Waals surface area contributed by atoms with E-state index in [0.29, 0.717) is 17.2 Å². The summed E-state index contributed by atoms with van der Waals surface area (Å²) in [6.07, 6.45) is 1.78. The molecule has 2 aromatic carbocycles. The van der Waals surface area contributed by atoms with Crippen molar-refractivity contribution in [3.8, 4) is 34.5 Å². The summed E-state index contributed by atoms with van der Waals surface area (Å²) in [7, 11) is 2.93. The van der Waals surface area contributed by atoms with Crippen LogP contribution in [0.3, 0.4) is 0 Å². The Hall–Kier alpha value is -4.47. The van der Waals surface area contributed by atoms with Crippen molar-refractivity contribution in [2.24, 2.45) is 0 Å². The van der Waals surface area contributed by atoms with Gasteiger partial charge in [-0.3, -0.25) is 4.79 Å². The number of amides is 1. The smallest absolute Gasteiger partial charge is 0.272 e. The summed E-state index contributed by atoms with van der Waals surface area (Å²) in [5, 5.41) is 26.2. The van der Waals surface area contributed by atoms with Gasteiger partial charge < -0.3 is 19.9 Å². The molecule has 178 valence electrons. The number of aryl methyl sites for hydroxylation is 2. The van der Waals surface area contributed by atoms with Crippen LogP contribution in [0.5, 0.6) is 17.2 Å². The van der Waals surface area contributed by atoms with Crippen molar-refractivity contribution in [2.75, 3.05) is 19.5 Å². The molecule has 0 aliphatic carbocycles. The molecule has 10 heteroatoms. The quantitative estimate of drug-likeness (QED) is 0.452. The molecule has 10 nitrogen and oxygen atoms in total. The summed E-state index contributed by atoms with van der Waals surface area (Å²) >= 11 is 0. The third kappa shape index (κ3) is 3.92. The second-order valence-electron chi connectivity index (χ2n) is 8.35. The number of hydrogen-bond acceptors (Lipinski definition) is 8. The molecular formula is C25H24N6O4. The molecule has 0 saturated carbocycles. The van der Waals surface area contributed by atoms with Gasteiger partial charge in [-0.2, -0.15) is 14.9 Å². The number of rotatable bonds is 5. The molecule has 0 saturated heterocycles. The Morgan fingerprint density at radius 3 is 2.43 bits per heavy atom. The highest BCUT2D eigenvalue weighted by atomic mass is 16.5. The molecule has 2 N–H and O–H groups in total. The molecule has 4 aromatic rings. The molecule has 1 amide bonds. The predicted molar refractivity (Wildman–Crippen MR) is 128 cm³/mol. The molecular weight excluding hydrogens is 448 g/mol. The molecule has 1 atom stereocenters. The Balaban J connectivity index is 1.62. The normalized spacial score (nSPS) is 14.9. The molecule has 0 fully saturated rings. The second-order valence-corrected chi connectivity index (χ2v) is 8.35. The SMILES string of the molecule is COc1cc([C@H]2CC(=O)Nc3c2c(C)nn3-c2nncc(-c3ccc(C)cc3)n2)cc(OC)c1O. The zero-order chi connectivity index (χ0) is 24.7. The third-order valence-electron chi connectivity index (χ3n) is 6.09. The van der Waals surface area contributed by atoms with Crippen molar-refractivity contribution in [3.63, 3.8) is 0 Å². The number of ether oxygens (including phenoxy) is 2. The lowest BCUT2D eigenvalue weighted by Gasteiger charge is -2.25. The predicted octanol–water partition coefficient (Wildman–Crippen LogP) is 3.54. The Labute approximate surface area is 201 Å². The van der Waals surface area contributed by atoms with E-state index in [1.807, 2.05) is 38.1 Å². The minimum Gasteiger partial charge on any atom is -0.502 e. The van der Waals surface area contributed by atoms with E-state index in [2.05, 4.69) is 25.6 Å². The van der Waals surface area contributed by atoms with Gasteiger partial charge in [0.1, 0.15) is 5.82 Å². The third-order valence-corrected chi connectivity index (χ3v) is 6.09. The first-order valence-corrected chi connectivity index (χ1v) is 11.0. The fourth-order valence-electron chi connectivity index (χ4n) is 4.34. The molecule has 1 aliphatic rings. The number of aromatic nitrogens is 5. The van der Waals surface area contributed by atoms with E-state index < -0.39 is 0 Å². The fourth-order valence-corrected chi connectivity index (χ4v) is 4.34. The minimum atomic E-state index is -0.343. The van der Waals surface area contributed by atoms with Crippen molar-refractivity contribution in [3.05, 3.63) is 65.0 Å². The van der Waals surface area contributed by atoms with Crippen molar-refractivity contribution >= 4 is 11.7 Å². The number of carbonyl (C=O) groups excluding carboxylic acids is 1. The number of phenols is 1. The first-order chi connectivity index (χ1) is 16.9. The van der Waals surface area contributed by atoms with Gasteiger partial charge in [0.05, 0.1) is 31.8 Å². The number of methoxy groups -OCH3 is 2. The molecule has 1 aliphatic heterocycles. The largest absolute Gasteiger partial charge is 0.502 e. The van der Waals surface area contributed by atoms with Crippen LogP contribution in [0.4, 0.5) is 5.82 Å². The van der Waals surface area contributed by atoms with E-state index in [-0.39, 0.29) is 41.4 Å². The molecule has 0 spiro atoms. The summed E-state index contributed by atoms with van der Waals surface area (Å²) in [5.41, 5.74) is 4.97. The summed E-state index contributed by atoms with van der Waals surface area (Å²) in [6.45, 7) is 3.89. The Bertz CT molecular complexity index is 1410. The Kier molecular flexibility index (Phi) is 5.56. The summed E-state index contributed by atoms with van der Waals surface area (Å²) in [6, 6.07) is 11.4. The van der Waals surface area contributed by atoms with Crippen LogP contribution in [-0.2, 0) is 4.79 Å². The van der Waals surface area contributed by atoms with Crippen LogP contribution in [0, 0.1) is 13.8 Å². The number of nitrogens with zero attached hydrogens (tertiary/aromatic N) is 5. The van der Waals surface area contributed by atoms with Crippen LogP contribution in [0.15, 0.2) is 42.6 Å². The fraction of sp³-hybridized carbons (Fsp3) is 0.240. The molecule has 0 bridgehead atoms. The summed E-state index contributed by atoms with van der Waals surface area (Å²) < 4.78 is 12.2. The van der Waals surface area contributed by atoms with Crippen LogP contribution < -0.4 is 14.8 Å². The van der Waals surface area contributed by atoms with Gasteiger partial charge >= 0.3 is 0 Å². The van der Waals surface area contributed by atoms with Gasteiger partial charge in [-0.15, -0.1) is 5.10 Å². The number of hydrogen-bond donors (Lipinski definition) is 2. The molecule has 0 radical (unpaired) electrons. The Morgan fingerprint density at radius 1 is 1.09 bits per heavy atom. The topological polar surface area (TPSA) is 124 Å². The summed E-state index contributed by atoms with van der Waals surface area (Å²) in [5.74, 6) is 0.623. The second kappa shape index (κ2) is 8.71. The van der Waals surface area contributed by atoms with E-state index in [1.54, 1.807) is 18.3 Å². The zero-order valence-corrected chi connectivity index (χ0v) is 19.7. The molecule has 5 rings (SSSR count). The highest BCUT2D eigenvalue weighted by Gasteiger charge is 2.34. The van der Waals surface area contributed by atoms with E-state index in [1.165, 1.54) is 18.9 Å². The number of anilines is 1. The standard InChI is InChI=1S/C25H24N6O4/c1-13-5-7-15(8-6-13)18-12-26-29-25(27-18)31-24-22(14(2)30-31)17(11-21(32)28-24)16-9-19(34-3)23(33)20(10-16)35-4/h5-10,12,17,33H,11H2,1-4H3,(H,28,32)/t17-/m1/s1. The number of carbonyl (C=O) groups is 1.